The number of hydrogen-bond donors (Lipinski definition) is 0. The van der Waals surface area contributed by atoms with E-state index in [4.69, 9.17) is 0 Å². The van der Waals surface area contributed by atoms with Gasteiger partial charge in [-0.05, 0) is 30.6 Å². The Morgan fingerprint density at radius 2 is 2.05 bits per heavy atom. The number of hydrogen-bond acceptors (Lipinski definition) is 5. The minimum atomic E-state index is 0.680. The van der Waals surface area contributed by atoms with Crippen molar-refractivity contribution < 1.29 is 0 Å². The van der Waals surface area contributed by atoms with Crippen molar-refractivity contribution in [3.05, 3.63) is 18.3 Å². The van der Waals surface area contributed by atoms with E-state index in [0.29, 0.717) is 5.92 Å². The monoisotopic (exact) mass is 293 g/mol. The van der Waals surface area contributed by atoms with E-state index in [1.165, 1.54) is 54.9 Å². The molecule has 102 valence electrons. The fourth-order valence-electron chi connectivity index (χ4n) is 4.48. The summed E-state index contributed by atoms with van der Waals surface area (Å²) in [6.45, 7) is 7.74. The summed E-state index contributed by atoms with van der Waals surface area (Å²) in [7, 11) is 0. The normalized spacial score (nSPS) is 39.7. The Morgan fingerprint density at radius 3 is 2.74 bits per heavy atom. The minimum Gasteiger partial charge on any atom is -0.302 e. The summed E-state index contributed by atoms with van der Waals surface area (Å²) in [5.41, 5.74) is 1.31. The fraction of sp³-hybridized carbons (Fsp3) is 0.714. The van der Waals surface area contributed by atoms with Crippen LogP contribution in [0.3, 0.4) is 0 Å². The quantitative estimate of drug-likeness (QED) is 0.630. The predicted molar refractivity (Wildman–Crippen MR) is 79.7 cm³/mol. The molecule has 1 aromatic rings. The van der Waals surface area contributed by atoms with Crippen LogP contribution in [0.25, 0.3) is 0 Å². The topological polar surface area (TPSA) is 29.0 Å². The maximum Gasteiger partial charge on any atom is 0.134 e. The Balaban J connectivity index is 1.62. The van der Waals surface area contributed by atoms with Crippen molar-refractivity contribution in [2.75, 3.05) is 25.4 Å². The molecule has 3 aliphatic heterocycles. The summed E-state index contributed by atoms with van der Waals surface area (Å²) in [6.07, 6.45) is 4.79. The molecule has 1 aromatic heterocycles. The van der Waals surface area contributed by atoms with Crippen LogP contribution >= 0.6 is 23.5 Å². The van der Waals surface area contributed by atoms with Gasteiger partial charge in [0.2, 0.25) is 0 Å². The zero-order valence-electron chi connectivity index (χ0n) is 11.0. The first-order valence-electron chi connectivity index (χ1n) is 7.13. The number of aromatic nitrogens is 2. The van der Waals surface area contributed by atoms with E-state index in [2.05, 4.69) is 20.2 Å². The molecule has 4 bridgehead atoms. The van der Waals surface area contributed by atoms with Gasteiger partial charge in [0.25, 0.3) is 0 Å². The van der Waals surface area contributed by atoms with Crippen LogP contribution in [-0.4, -0.2) is 39.0 Å². The second kappa shape index (κ2) is 4.86. The molecule has 3 nitrogen and oxygen atoms in total. The first kappa shape index (κ1) is 12.4. The van der Waals surface area contributed by atoms with E-state index in [1.54, 1.807) is 11.8 Å². The minimum absolute atomic E-state index is 0.680. The number of nitrogens with zero attached hydrogens (tertiary/aromatic N) is 3. The van der Waals surface area contributed by atoms with E-state index < -0.39 is 0 Å². The molecule has 4 heterocycles. The molecule has 3 saturated heterocycles. The standard InChI is InChI=1S/C14H19N3S2/c1-2-3-18-14-13(15-19-16-14)12-10-4-9-5-11(12)8-17(6-9)7-10/h2,9-12H,1,3-8H2. The largest absolute Gasteiger partial charge is 0.302 e. The van der Waals surface area contributed by atoms with E-state index in [9.17, 15) is 0 Å². The highest BCUT2D eigenvalue weighted by Gasteiger charge is 2.49. The van der Waals surface area contributed by atoms with Crippen LogP contribution < -0.4 is 0 Å². The van der Waals surface area contributed by atoms with Gasteiger partial charge in [-0.15, -0.1) is 6.58 Å². The summed E-state index contributed by atoms with van der Waals surface area (Å²) >= 11 is 3.20. The van der Waals surface area contributed by atoms with Crippen molar-refractivity contribution in [2.45, 2.75) is 23.8 Å². The van der Waals surface area contributed by atoms with Crippen molar-refractivity contribution in [3.8, 4) is 0 Å². The van der Waals surface area contributed by atoms with E-state index in [1.807, 2.05) is 6.08 Å². The van der Waals surface area contributed by atoms with Gasteiger partial charge in [0.05, 0.1) is 17.4 Å². The molecule has 0 N–H and O–H groups in total. The third kappa shape index (κ3) is 2.06. The first-order chi connectivity index (χ1) is 9.35. The van der Waals surface area contributed by atoms with Crippen molar-refractivity contribution in [1.29, 1.82) is 0 Å². The van der Waals surface area contributed by atoms with Crippen LogP contribution in [0.5, 0.6) is 0 Å². The van der Waals surface area contributed by atoms with Crippen molar-refractivity contribution in [3.63, 3.8) is 0 Å². The van der Waals surface area contributed by atoms with Crippen molar-refractivity contribution >= 4 is 23.5 Å². The molecule has 0 spiro atoms. The van der Waals surface area contributed by atoms with E-state index >= 15 is 0 Å². The lowest BCUT2D eigenvalue weighted by atomic mass is 9.61. The fourth-order valence-corrected chi connectivity index (χ4v) is 5.96. The summed E-state index contributed by atoms with van der Waals surface area (Å²) in [4.78, 5) is 2.68. The lowest BCUT2D eigenvalue weighted by Gasteiger charge is -2.55. The van der Waals surface area contributed by atoms with Crippen LogP contribution in [0, 0.1) is 17.8 Å². The Bertz CT molecular complexity index is 457. The zero-order valence-corrected chi connectivity index (χ0v) is 12.6. The van der Waals surface area contributed by atoms with Crippen molar-refractivity contribution in [1.82, 2.24) is 13.6 Å². The van der Waals surface area contributed by atoms with Gasteiger partial charge < -0.3 is 4.90 Å². The molecule has 19 heavy (non-hydrogen) atoms. The van der Waals surface area contributed by atoms with Gasteiger partial charge in [0, 0.05) is 31.3 Å². The number of thioether (sulfide) groups is 1. The Kier molecular flexibility index (Phi) is 3.16. The summed E-state index contributed by atoms with van der Waals surface area (Å²) < 4.78 is 9.19. The number of piperidine rings is 3. The third-order valence-corrected chi connectivity index (χ3v) is 6.56. The lowest BCUT2D eigenvalue weighted by Crippen LogP contribution is -2.56. The molecular formula is C14H19N3S2. The smallest absolute Gasteiger partial charge is 0.134 e. The second-order valence-electron chi connectivity index (χ2n) is 6.16. The van der Waals surface area contributed by atoms with Gasteiger partial charge in [-0.2, -0.15) is 8.75 Å². The van der Waals surface area contributed by atoms with E-state index in [-0.39, 0.29) is 0 Å². The molecular weight excluding hydrogens is 274 g/mol. The van der Waals surface area contributed by atoms with Gasteiger partial charge in [0.1, 0.15) is 5.03 Å². The predicted octanol–water partition coefficient (Wildman–Crippen LogP) is 2.87. The van der Waals surface area contributed by atoms with Gasteiger partial charge in [-0.3, -0.25) is 0 Å². The molecule has 0 aromatic carbocycles. The highest BCUT2D eigenvalue weighted by Crippen LogP contribution is 2.52. The summed E-state index contributed by atoms with van der Waals surface area (Å²) in [5, 5.41) is 1.18. The molecule has 4 fully saturated rings. The molecule has 4 aliphatic rings. The molecule has 5 heteroatoms. The molecule has 2 atom stereocenters. The van der Waals surface area contributed by atoms with E-state index in [0.717, 1.165) is 23.5 Å². The van der Waals surface area contributed by atoms with Crippen LogP contribution in [0.2, 0.25) is 0 Å². The zero-order chi connectivity index (χ0) is 12.8. The maximum absolute atomic E-state index is 4.67. The van der Waals surface area contributed by atoms with Crippen LogP contribution in [0.1, 0.15) is 24.5 Å². The molecule has 0 amide bonds. The van der Waals surface area contributed by atoms with Crippen LogP contribution in [-0.2, 0) is 0 Å². The Morgan fingerprint density at radius 1 is 1.26 bits per heavy atom. The van der Waals surface area contributed by atoms with Crippen molar-refractivity contribution in [2.24, 2.45) is 17.8 Å². The Labute approximate surface area is 122 Å². The Hall–Kier alpha value is -0.390. The molecule has 1 aliphatic carbocycles. The third-order valence-electron chi connectivity index (χ3n) is 4.93. The molecule has 1 saturated carbocycles. The van der Waals surface area contributed by atoms with Crippen LogP contribution in [0.4, 0.5) is 0 Å². The maximum atomic E-state index is 4.67. The highest BCUT2D eigenvalue weighted by atomic mass is 32.2. The summed E-state index contributed by atoms with van der Waals surface area (Å²) in [5.74, 6) is 4.25. The molecule has 0 radical (unpaired) electrons. The van der Waals surface area contributed by atoms with Gasteiger partial charge >= 0.3 is 0 Å². The second-order valence-corrected chi connectivity index (χ2v) is 7.69. The van der Waals surface area contributed by atoms with Gasteiger partial charge in [-0.25, -0.2) is 0 Å². The lowest BCUT2D eigenvalue weighted by molar-refractivity contribution is -0.0373. The SMILES string of the molecule is C=CCSc1nsnc1C1C2CC3CC1CN(C3)C2. The van der Waals surface area contributed by atoms with Gasteiger partial charge in [-0.1, -0.05) is 17.8 Å². The average Bonchev–Trinajstić information content (AvgIpc) is 2.83. The first-order valence-corrected chi connectivity index (χ1v) is 8.85. The molecule has 2 unspecified atom stereocenters. The molecule has 5 rings (SSSR count). The number of rotatable bonds is 4. The summed E-state index contributed by atoms with van der Waals surface area (Å²) in [6, 6.07) is 0. The van der Waals surface area contributed by atoms with Gasteiger partial charge in [0.15, 0.2) is 0 Å². The van der Waals surface area contributed by atoms with Crippen LogP contribution in [0.15, 0.2) is 17.7 Å². The highest BCUT2D eigenvalue weighted by molar-refractivity contribution is 7.99. The average molecular weight is 293 g/mol.